The molecule has 3 aromatic rings. The van der Waals surface area contributed by atoms with Crippen LogP contribution in [0.4, 0.5) is 4.39 Å². The molecule has 2 aromatic heterocycles. The number of methoxy groups -OCH3 is 1. The Morgan fingerprint density at radius 3 is 2.96 bits per heavy atom. The fraction of sp³-hybridized carbons (Fsp3) is 0.278. The van der Waals surface area contributed by atoms with Crippen molar-refractivity contribution in [1.29, 1.82) is 0 Å². The maximum atomic E-state index is 13.8. The maximum absolute atomic E-state index is 13.8. The second-order valence-corrected chi connectivity index (χ2v) is 7.80. The third-order valence-electron chi connectivity index (χ3n) is 3.82. The molecule has 0 aliphatic rings. The van der Waals surface area contributed by atoms with Crippen LogP contribution in [0.2, 0.25) is 0 Å². The molecule has 0 spiro atoms. The summed E-state index contributed by atoms with van der Waals surface area (Å²) in [5, 5.41) is 9.60. The first-order valence-electron chi connectivity index (χ1n) is 8.18. The number of aromatic amines is 1. The minimum atomic E-state index is -0.441. The van der Waals surface area contributed by atoms with E-state index >= 15 is 0 Å². The van der Waals surface area contributed by atoms with Gasteiger partial charge in [0, 0.05) is 24.9 Å². The van der Waals surface area contributed by atoms with Crippen molar-refractivity contribution in [3.8, 4) is 5.75 Å². The number of carbonyl (C=O) groups excluding carboxylic acids is 1. The summed E-state index contributed by atoms with van der Waals surface area (Å²) in [6.45, 7) is 0.317. The van der Waals surface area contributed by atoms with Gasteiger partial charge in [-0.25, -0.2) is 9.37 Å². The van der Waals surface area contributed by atoms with Gasteiger partial charge in [-0.1, -0.05) is 23.9 Å². The lowest BCUT2D eigenvalue weighted by molar-refractivity contribution is -0.127. The van der Waals surface area contributed by atoms with E-state index in [1.54, 1.807) is 35.4 Å². The van der Waals surface area contributed by atoms with Crippen molar-refractivity contribution in [2.75, 3.05) is 19.9 Å². The van der Waals surface area contributed by atoms with Crippen molar-refractivity contribution in [3.05, 3.63) is 57.8 Å². The van der Waals surface area contributed by atoms with E-state index in [0.29, 0.717) is 23.7 Å². The van der Waals surface area contributed by atoms with E-state index in [9.17, 15) is 9.18 Å². The third-order valence-corrected chi connectivity index (χ3v) is 5.53. The van der Waals surface area contributed by atoms with Crippen LogP contribution < -0.4 is 4.74 Å². The minimum Gasteiger partial charge on any atom is -0.494 e. The highest BCUT2D eigenvalue weighted by Gasteiger charge is 2.13. The van der Waals surface area contributed by atoms with Crippen molar-refractivity contribution in [3.63, 3.8) is 0 Å². The highest BCUT2D eigenvalue weighted by atomic mass is 32.2. The summed E-state index contributed by atoms with van der Waals surface area (Å²) in [6.07, 6.45) is 0.697. The Hall–Kier alpha value is -2.39. The van der Waals surface area contributed by atoms with E-state index < -0.39 is 5.82 Å². The third kappa shape index (κ3) is 5.30. The summed E-state index contributed by atoms with van der Waals surface area (Å²) in [4.78, 5) is 19.5. The number of benzene rings is 1. The Morgan fingerprint density at radius 1 is 1.41 bits per heavy atom. The number of amides is 1. The predicted molar refractivity (Wildman–Crippen MR) is 104 cm³/mol. The standard InChI is InChI=1S/C18H19FN4O2S2/c1-23(10-12-5-6-15(25-2)14(19)8-12)17(24)11-27-18-20-16(21-22-18)9-13-4-3-7-26-13/h3-8H,9-11H2,1-2H3,(H,20,21,22). The molecule has 0 aliphatic heterocycles. The molecular weight excluding hydrogens is 387 g/mol. The molecule has 0 saturated carbocycles. The van der Waals surface area contributed by atoms with Crippen LogP contribution in [-0.2, 0) is 17.8 Å². The molecule has 27 heavy (non-hydrogen) atoms. The molecule has 3 rings (SSSR count). The van der Waals surface area contributed by atoms with Gasteiger partial charge in [-0.3, -0.25) is 9.89 Å². The summed E-state index contributed by atoms with van der Waals surface area (Å²) < 4.78 is 18.7. The lowest BCUT2D eigenvalue weighted by atomic mass is 10.2. The molecule has 0 radical (unpaired) electrons. The van der Waals surface area contributed by atoms with Crippen molar-refractivity contribution < 1.29 is 13.9 Å². The lowest BCUT2D eigenvalue weighted by Gasteiger charge is -2.17. The van der Waals surface area contributed by atoms with E-state index in [1.165, 1.54) is 29.8 Å². The zero-order valence-corrected chi connectivity index (χ0v) is 16.6. The summed E-state index contributed by atoms with van der Waals surface area (Å²) in [7, 11) is 3.10. The topological polar surface area (TPSA) is 71.1 Å². The Balaban J connectivity index is 1.50. The number of nitrogens with zero attached hydrogens (tertiary/aromatic N) is 3. The first-order valence-corrected chi connectivity index (χ1v) is 10.0. The SMILES string of the molecule is COc1ccc(CN(C)C(=O)CSc2n[nH]c(Cc3cccs3)n2)cc1F. The highest BCUT2D eigenvalue weighted by Crippen LogP contribution is 2.20. The zero-order valence-electron chi connectivity index (χ0n) is 14.9. The molecule has 0 unspecified atom stereocenters. The lowest BCUT2D eigenvalue weighted by Crippen LogP contribution is -2.27. The van der Waals surface area contributed by atoms with E-state index in [0.717, 1.165) is 5.82 Å². The maximum Gasteiger partial charge on any atom is 0.233 e. The van der Waals surface area contributed by atoms with Crippen LogP contribution in [0.15, 0.2) is 40.9 Å². The van der Waals surface area contributed by atoms with Gasteiger partial charge in [0.2, 0.25) is 11.1 Å². The largest absolute Gasteiger partial charge is 0.494 e. The molecular formula is C18H19FN4O2S2. The van der Waals surface area contributed by atoms with E-state index in [2.05, 4.69) is 15.2 Å². The summed E-state index contributed by atoms with van der Waals surface area (Å²) >= 11 is 2.94. The van der Waals surface area contributed by atoms with Gasteiger partial charge in [0.05, 0.1) is 12.9 Å². The van der Waals surface area contributed by atoms with Gasteiger partial charge >= 0.3 is 0 Å². The first kappa shape index (κ1) is 19.4. The average molecular weight is 407 g/mol. The van der Waals surface area contributed by atoms with Gasteiger partial charge in [0.25, 0.3) is 0 Å². The molecule has 9 heteroatoms. The Kier molecular flexibility index (Phi) is 6.46. The highest BCUT2D eigenvalue weighted by molar-refractivity contribution is 7.99. The van der Waals surface area contributed by atoms with Gasteiger partial charge in [0.1, 0.15) is 5.82 Å². The molecule has 0 aliphatic carbocycles. The minimum absolute atomic E-state index is 0.0826. The number of rotatable bonds is 8. The van der Waals surface area contributed by atoms with Crippen LogP contribution in [-0.4, -0.2) is 45.9 Å². The molecule has 2 heterocycles. The number of hydrogen-bond donors (Lipinski definition) is 1. The van der Waals surface area contributed by atoms with Crippen LogP contribution in [0.25, 0.3) is 0 Å². The number of hydrogen-bond acceptors (Lipinski definition) is 6. The van der Waals surface area contributed by atoms with E-state index in [1.807, 2.05) is 17.5 Å². The Bertz CT molecular complexity index is 899. The smallest absolute Gasteiger partial charge is 0.233 e. The fourth-order valence-electron chi connectivity index (χ4n) is 2.41. The quantitative estimate of drug-likeness (QED) is 0.581. The van der Waals surface area contributed by atoms with Crippen LogP contribution >= 0.6 is 23.1 Å². The summed E-state index contributed by atoms with van der Waals surface area (Å²) in [5.41, 5.74) is 0.699. The fourth-order valence-corrected chi connectivity index (χ4v) is 3.87. The molecule has 1 aromatic carbocycles. The van der Waals surface area contributed by atoms with E-state index in [-0.39, 0.29) is 17.4 Å². The molecule has 0 fully saturated rings. The molecule has 0 atom stereocenters. The van der Waals surface area contributed by atoms with Gasteiger partial charge in [-0.15, -0.1) is 16.4 Å². The van der Waals surface area contributed by atoms with Crippen molar-refractivity contribution >= 4 is 29.0 Å². The predicted octanol–water partition coefficient (Wildman–Crippen LogP) is 3.36. The molecule has 0 bridgehead atoms. The number of ether oxygens (including phenoxy) is 1. The summed E-state index contributed by atoms with van der Waals surface area (Å²) in [6, 6.07) is 8.71. The number of halogens is 1. The second kappa shape index (κ2) is 9.01. The van der Waals surface area contributed by atoms with Crippen LogP contribution in [0.1, 0.15) is 16.3 Å². The normalized spacial score (nSPS) is 10.8. The molecule has 1 N–H and O–H groups in total. The van der Waals surface area contributed by atoms with Gasteiger partial charge in [-0.2, -0.15) is 0 Å². The van der Waals surface area contributed by atoms with Gasteiger partial charge in [-0.05, 0) is 29.1 Å². The second-order valence-electron chi connectivity index (χ2n) is 5.83. The number of H-pyrrole nitrogens is 1. The van der Waals surface area contributed by atoms with Gasteiger partial charge < -0.3 is 9.64 Å². The molecule has 142 valence electrons. The number of thioether (sulfide) groups is 1. The first-order chi connectivity index (χ1) is 13.0. The van der Waals surface area contributed by atoms with Crippen LogP contribution in [0.5, 0.6) is 5.75 Å². The molecule has 0 saturated heterocycles. The van der Waals surface area contributed by atoms with Crippen LogP contribution in [0.3, 0.4) is 0 Å². The van der Waals surface area contributed by atoms with Gasteiger partial charge in [0.15, 0.2) is 11.6 Å². The van der Waals surface area contributed by atoms with Crippen molar-refractivity contribution in [2.24, 2.45) is 0 Å². The Morgan fingerprint density at radius 2 is 2.26 bits per heavy atom. The van der Waals surface area contributed by atoms with E-state index in [4.69, 9.17) is 4.74 Å². The zero-order chi connectivity index (χ0) is 19.2. The summed E-state index contributed by atoms with van der Waals surface area (Å²) in [5.74, 6) is 0.650. The number of nitrogens with one attached hydrogen (secondary N) is 1. The van der Waals surface area contributed by atoms with Crippen molar-refractivity contribution in [1.82, 2.24) is 20.1 Å². The van der Waals surface area contributed by atoms with Crippen molar-refractivity contribution in [2.45, 2.75) is 18.1 Å². The molecule has 1 amide bonds. The molecule has 6 nitrogen and oxygen atoms in total. The average Bonchev–Trinajstić information content (AvgIpc) is 3.32. The number of carbonyl (C=O) groups is 1. The number of thiophene rings is 1. The monoisotopic (exact) mass is 406 g/mol. The number of aromatic nitrogens is 3. The Labute approximate surface area is 164 Å². The van der Waals surface area contributed by atoms with Crippen LogP contribution in [0, 0.1) is 5.82 Å².